The van der Waals surface area contributed by atoms with E-state index in [1.165, 1.54) is 6.07 Å². The van der Waals surface area contributed by atoms with Crippen molar-refractivity contribution in [3.05, 3.63) is 54.9 Å². The Morgan fingerprint density at radius 3 is 2.46 bits per heavy atom. The van der Waals surface area contributed by atoms with Gasteiger partial charge in [0.15, 0.2) is 11.5 Å². The molecule has 10 nitrogen and oxygen atoms in total. The van der Waals surface area contributed by atoms with E-state index in [-0.39, 0.29) is 51.9 Å². The van der Waals surface area contributed by atoms with Crippen molar-refractivity contribution >= 4 is 35.2 Å². The molecule has 39 heavy (non-hydrogen) atoms. The van der Waals surface area contributed by atoms with Crippen molar-refractivity contribution in [3.8, 4) is 11.5 Å². The van der Waals surface area contributed by atoms with Gasteiger partial charge in [-0.05, 0) is 65.2 Å². The van der Waals surface area contributed by atoms with E-state index in [1.54, 1.807) is 41.5 Å². The highest BCUT2D eigenvalue weighted by molar-refractivity contribution is 6.38. The van der Waals surface area contributed by atoms with E-state index in [0.717, 1.165) is 11.3 Å². The summed E-state index contributed by atoms with van der Waals surface area (Å²) in [7, 11) is 0. The highest BCUT2D eigenvalue weighted by atomic mass is 35.5. The lowest BCUT2D eigenvalue weighted by Gasteiger charge is -2.37. The first kappa shape index (κ1) is 29.0. The Bertz CT molecular complexity index is 1350. The van der Waals surface area contributed by atoms with Crippen molar-refractivity contribution in [3.63, 3.8) is 0 Å². The largest absolute Gasteiger partial charge is 0.444 e. The highest BCUT2D eigenvalue weighted by Gasteiger charge is 2.49. The van der Waals surface area contributed by atoms with Gasteiger partial charge in [-0.15, -0.1) is 0 Å². The first-order chi connectivity index (χ1) is 18.2. The number of pyridine rings is 1. The molecule has 0 bridgehead atoms. The number of fused-ring (bicyclic) bond motifs is 1. The van der Waals surface area contributed by atoms with Crippen molar-refractivity contribution in [1.29, 1.82) is 0 Å². The van der Waals surface area contributed by atoms with Gasteiger partial charge in [-0.3, -0.25) is 9.59 Å². The first-order valence-electron chi connectivity index (χ1n) is 12.7. The number of H-pyrrole nitrogens is 1. The zero-order valence-electron chi connectivity index (χ0n) is 22.8. The highest BCUT2D eigenvalue weighted by Crippen LogP contribution is 2.51. The Labute approximate surface area is 236 Å². The van der Waals surface area contributed by atoms with Gasteiger partial charge in [0.05, 0.1) is 28.3 Å². The van der Waals surface area contributed by atoms with Crippen molar-refractivity contribution in [1.82, 2.24) is 15.6 Å². The molecule has 0 aliphatic carbocycles. The number of amides is 2. The van der Waals surface area contributed by atoms with Crippen LogP contribution in [-0.4, -0.2) is 47.1 Å². The molecule has 0 spiro atoms. The summed E-state index contributed by atoms with van der Waals surface area (Å²) in [6, 6.07) is 3.01. The molecule has 0 radical (unpaired) electrons. The molecular weight excluding hydrogens is 549 g/mol. The molecule has 1 fully saturated rings. The van der Waals surface area contributed by atoms with E-state index < -0.39 is 29.5 Å². The number of nitrogens with one attached hydrogen (secondary N) is 3. The fraction of sp³-hybridized carbons (Fsp3) is 0.519. The Morgan fingerprint density at radius 2 is 1.85 bits per heavy atom. The van der Waals surface area contributed by atoms with Crippen LogP contribution >= 0.6 is 23.2 Å². The first-order valence-corrected chi connectivity index (χ1v) is 13.4. The van der Waals surface area contributed by atoms with Crippen LogP contribution in [-0.2, 0) is 16.0 Å². The minimum absolute atomic E-state index is 0.00873. The molecular formula is C27H33Cl2N3O7. The van der Waals surface area contributed by atoms with Crippen molar-refractivity contribution < 1.29 is 28.5 Å². The van der Waals surface area contributed by atoms with Gasteiger partial charge in [-0.1, -0.05) is 23.2 Å². The molecule has 1 unspecified atom stereocenters. The summed E-state index contributed by atoms with van der Waals surface area (Å²) in [5, 5.41) is 5.72. The Kier molecular flexibility index (Phi) is 8.12. The average molecular weight is 582 g/mol. The molecule has 3 atom stereocenters. The van der Waals surface area contributed by atoms with Crippen LogP contribution in [0.3, 0.4) is 0 Å². The minimum Gasteiger partial charge on any atom is -0.444 e. The number of hydrogen-bond donors (Lipinski definition) is 3. The summed E-state index contributed by atoms with van der Waals surface area (Å²) < 4.78 is 23.5. The molecule has 1 saturated heterocycles. The lowest BCUT2D eigenvalue weighted by atomic mass is 9.99. The third kappa shape index (κ3) is 6.45. The van der Waals surface area contributed by atoms with Crippen LogP contribution in [0.25, 0.3) is 0 Å². The molecule has 1 aromatic heterocycles. The van der Waals surface area contributed by atoms with E-state index in [1.807, 2.05) is 6.07 Å². The normalized spacial score (nSPS) is 22.4. The number of halogens is 2. The second-order valence-electron chi connectivity index (χ2n) is 11.0. The number of aromatic nitrogens is 1. The number of ether oxygens (including phenoxy) is 4. The number of alkyl carbamates (subject to hydrolysis) is 1. The Balaban J connectivity index is 1.42. The van der Waals surface area contributed by atoms with Gasteiger partial charge < -0.3 is 34.6 Å². The summed E-state index contributed by atoms with van der Waals surface area (Å²) in [4.78, 5) is 40.2. The predicted molar refractivity (Wildman–Crippen MR) is 146 cm³/mol. The molecule has 4 rings (SSSR count). The fourth-order valence-electron chi connectivity index (χ4n) is 4.61. The number of carbonyl (C=O) groups is 2. The molecule has 0 saturated carbocycles. The smallest absolute Gasteiger partial charge is 0.407 e. The van der Waals surface area contributed by atoms with E-state index in [2.05, 4.69) is 15.6 Å². The zero-order chi connectivity index (χ0) is 28.7. The quantitative estimate of drug-likeness (QED) is 0.463. The lowest BCUT2D eigenvalue weighted by molar-refractivity contribution is -0.185. The van der Waals surface area contributed by atoms with Crippen molar-refractivity contribution in [2.75, 3.05) is 6.61 Å². The SMILES string of the molecule is Cc1cc(C)c(CNC(=O)c2cc(Cl)c3c(c2Cl)OC(C)([C@@H]2CC[C@@H](NC(=O)OC(C)(C)C)CO2)O3)c(=O)[nH]1. The molecule has 12 heteroatoms. The summed E-state index contributed by atoms with van der Waals surface area (Å²) >= 11 is 13.1. The molecule has 2 aliphatic heterocycles. The van der Waals surface area contributed by atoms with Crippen LogP contribution in [0.5, 0.6) is 11.5 Å². The summed E-state index contributed by atoms with van der Waals surface area (Å²) in [5.74, 6) is -1.43. The van der Waals surface area contributed by atoms with Gasteiger partial charge in [0, 0.05) is 24.7 Å². The predicted octanol–water partition coefficient (Wildman–Crippen LogP) is 4.79. The van der Waals surface area contributed by atoms with E-state index in [9.17, 15) is 14.4 Å². The third-order valence-electron chi connectivity index (χ3n) is 6.49. The number of benzene rings is 1. The topological polar surface area (TPSA) is 128 Å². The fourth-order valence-corrected chi connectivity index (χ4v) is 5.11. The molecule has 2 amide bonds. The standard InChI is InChI=1S/C27H33Cl2N3O7/c1-13-9-14(2)31-24(34)17(13)11-30-23(33)16-10-18(28)21-22(20(16)29)38-27(6,37-21)19-8-7-15(12-36-19)32-25(35)39-26(3,4)5/h9-10,15,19H,7-8,11-12H2,1-6H3,(H,30,33)(H,31,34)(H,32,35)/t15-,19+,27?/m1/s1. The molecule has 1 aromatic carbocycles. The van der Waals surface area contributed by atoms with Gasteiger partial charge in [-0.2, -0.15) is 0 Å². The average Bonchev–Trinajstić information content (AvgIpc) is 3.19. The monoisotopic (exact) mass is 581 g/mol. The van der Waals surface area contributed by atoms with Crippen LogP contribution in [0, 0.1) is 13.8 Å². The number of rotatable bonds is 5. The Morgan fingerprint density at radius 1 is 1.15 bits per heavy atom. The zero-order valence-corrected chi connectivity index (χ0v) is 24.3. The lowest BCUT2D eigenvalue weighted by Crippen LogP contribution is -2.54. The van der Waals surface area contributed by atoms with E-state index >= 15 is 0 Å². The van der Waals surface area contributed by atoms with Gasteiger partial charge in [0.1, 0.15) is 11.7 Å². The van der Waals surface area contributed by atoms with E-state index in [4.69, 9.17) is 42.1 Å². The second kappa shape index (κ2) is 10.9. The Hall–Kier alpha value is -2.95. The van der Waals surface area contributed by atoms with Gasteiger partial charge in [0.25, 0.3) is 17.3 Å². The van der Waals surface area contributed by atoms with E-state index in [0.29, 0.717) is 18.4 Å². The van der Waals surface area contributed by atoms with Crippen LogP contribution in [0.2, 0.25) is 10.0 Å². The maximum Gasteiger partial charge on any atom is 0.407 e. The molecule has 2 aliphatic rings. The third-order valence-corrected chi connectivity index (χ3v) is 7.14. The number of hydrogen-bond acceptors (Lipinski definition) is 7. The van der Waals surface area contributed by atoms with Crippen molar-refractivity contribution in [2.24, 2.45) is 0 Å². The number of aryl methyl sites for hydroxylation is 2. The molecule has 212 valence electrons. The molecule has 3 N–H and O–H groups in total. The maximum atomic E-state index is 13.0. The minimum atomic E-state index is -1.26. The van der Waals surface area contributed by atoms with Gasteiger partial charge in [-0.25, -0.2) is 4.79 Å². The van der Waals surface area contributed by atoms with Gasteiger partial charge in [0.2, 0.25) is 0 Å². The van der Waals surface area contributed by atoms with Crippen LogP contribution in [0.4, 0.5) is 4.79 Å². The van der Waals surface area contributed by atoms with Crippen molar-refractivity contribution in [2.45, 2.75) is 84.5 Å². The summed E-state index contributed by atoms with van der Waals surface area (Å²) in [5.41, 5.74) is 1.16. The van der Waals surface area contributed by atoms with Gasteiger partial charge >= 0.3 is 6.09 Å². The molecule has 3 heterocycles. The van der Waals surface area contributed by atoms with Crippen LogP contribution in [0.1, 0.15) is 67.7 Å². The van der Waals surface area contributed by atoms with Crippen LogP contribution < -0.4 is 25.7 Å². The molecule has 2 aromatic rings. The maximum absolute atomic E-state index is 13.0. The number of aromatic amines is 1. The summed E-state index contributed by atoms with van der Waals surface area (Å²) in [6.45, 7) is 10.9. The number of carbonyl (C=O) groups excluding carboxylic acids is 2. The van der Waals surface area contributed by atoms with Crippen LogP contribution in [0.15, 0.2) is 16.9 Å². The summed E-state index contributed by atoms with van der Waals surface area (Å²) in [6.07, 6.45) is 0.114. The second-order valence-corrected chi connectivity index (χ2v) is 11.8.